The maximum Gasteiger partial charge on any atom is 0.253 e. The molecule has 0 unspecified atom stereocenters. The first-order valence-corrected chi connectivity index (χ1v) is 10.7. The molecule has 0 aromatic heterocycles. The third kappa shape index (κ3) is 4.13. The number of benzene rings is 2. The van der Waals surface area contributed by atoms with Crippen molar-refractivity contribution in [1.29, 1.82) is 0 Å². The molecule has 1 N–H and O–H groups in total. The van der Waals surface area contributed by atoms with Crippen LogP contribution in [0, 0.1) is 0 Å². The van der Waals surface area contributed by atoms with Gasteiger partial charge < -0.3 is 14.4 Å². The van der Waals surface area contributed by atoms with Crippen LogP contribution in [-0.2, 0) is 16.6 Å². The van der Waals surface area contributed by atoms with E-state index in [1.165, 1.54) is 12.1 Å². The van der Waals surface area contributed by atoms with Crippen LogP contribution in [0.4, 0.5) is 0 Å². The van der Waals surface area contributed by atoms with Gasteiger partial charge in [0.05, 0.1) is 4.90 Å². The Morgan fingerprint density at radius 1 is 1.07 bits per heavy atom. The van der Waals surface area contributed by atoms with Crippen molar-refractivity contribution in [3.05, 3.63) is 53.6 Å². The lowest BCUT2D eigenvalue weighted by Gasteiger charge is -2.21. The predicted octanol–water partition coefficient (Wildman–Crippen LogP) is 2.17. The highest BCUT2D eigenvalue weighted by molar-refractivity contribution is 7.89. The standard InChI is InChI=1S/C20H22N2O5S/c1-22(13-14-2-9-18-19(12-14)27-11-10-26-18)20(23)15-3-7-17(8-4-15)28(24,25)21-16-5-6-16/h2-4,7-9,12,16,21H,5-6,10-11,13H2,1H3. The zero-order chi connectivity index (χ0) is 19.7. The summed E-state index contributed by atoms with van der Waals surface area (Å²) in [4.78, 5) is 14.4. The zero-order valence-corrected chi connectivity index (χ0v) is 16.4. The van der Waals surface area contributed by atoms with Crippen LogP contribution in [0.5, 0.6) is 11.5 Å². The van der Waals surface area contributed by atoms with Gasteiger partial charge in [-0.3, -0.25) is 4.79 Å². The van der Waals surface area contributed by atoms with Gasteiger partial charge in [-0.2, -0.15) is 0 Å². The van der Waals surface area contributed by atoms with Crippen molar-refractivity contribution in [2.24, 2.45) is 0 Å². The molecule has 28 heavy (non-hydrogen) atoms. The van der Waals surface area contributed by atoms with Crippen molar-refractivity contribution in [3.8, 4) is 11.5 Å². The number of fused-ring (bicyclic) bond motifs is 1. The summed E-state index contributed by atoms with van der Waals surface area (Å²) in [5, 5.41) is 0. The van der Waals surface area contributed by atoms with E-state index < -0.39 is 10.0 Å². The third-order valence-corrected chi connectivity index (χ3v) is 6.22. The van der Waals surface area contributed by atoms with E-state index in [9.17, 15) is 13.2 Å². The highest BCUT2D eigenvalue weighted by Gasteiger charge is 2.28. The molecule has 0 spiro atoms. The highest BCUT2D eigenvalue weighted by atomic mass is 32.2. The number of nitrogens with zero attached hydrogens (tertiary/aromatic N) is 1. The molecule has 1 fully saturated rings. The number of carbonyl (C=O) groups excluding carboxylic acids is 1. The van der Waals surface area contributed by atoms with Gasteiger partial charge in [0.25, 0.3) is 5.91 Å². The average molecular weight is 402 g/mol. The summed E-state index contributed by atoms with van der Waals surface area (Å²) < 4.78 is 38.2. The molecule has 0 radical (unpaired) electrons. The van der Waals surface area contributed by atoms with E-state index in [0.29, 0.717) is 36.8 Å². The highest BCUT2D eigenvalue weighted by Crippen LogP contribution is 2.31. The van der Waals surface area contributed by atoms with Gasteiger partial charge in [0.15, 0.2) is 11.5 Å². The molecule has 2 aromatic rings. The van der Waals surface area contributed by atoms with Crippen molar-refractivity contribution in [2.75, 3.05) is 20.3 Å². The van der Waals surface area contributed by atoms with Crippen molar-refractivity contribution >= 4 is 15.9 Å². The molecule has 1 amide bonds. The summed E-state index contributed by atoms with van der Waals surface area (Å²) in [5.74, 6) is 1.21. The minimum atomic E-state index is -3.52. The molecule has 0 saturated heterocycles. The van der Waals surface area contributed by atoms with Gasteiger partial charge in [-0.05, 0) is 54.8 Å². The van der Waals surface area contributed by atoms with E-state index >= 15 is 0 Å². The largest absolute Gasteiger partial charge is 0.486 e. The number of carbonyl (C=O) groups is 1. The van der Waals surface area contributed by atoms with Crippen LogP contribution in [0.2, 0.25) is 0 Å². The second-order valence-corrected chi connectivity index (χ2v) is 8.77. The number of amides is 1. The van der Waals surface area contributed by atoms with E-state index in [2.05, 4.69) is 4.72 Å². The predicted molar refractivity (Wildman–Crippen MR) is 103 cm³/mol. The Kier molecular flexibility index (Phi) is 4.99. The van der Waals surface area contributed by atoms with Crippen LogP contribution in [0.25, 0.3) is 0 Å². The lowest BCUT2D eigenvalue weighted by atomic mass is 10.1. The van der Waals surface area contributed by atoms with Crippen LogP contribution < -0.4 is 14.2 Å². The Hall–Kier alpha value is -2.58. The smallest absolute Gasteiger partial charge is 0.253 e. The fourth-order valence-corrected chi connectivity index (χ4v) is 4.32. The van der Waals surface area contributed by atoms with Gasteiger partial charge in [0, 0.05) is 25.2 Å². The first kappa shape index (κ1) is 18.8. The van der Waals surface area contributed by atoms with Crippen LogP contribution in [0.1, 0.15) is 28.8 Å². The molecular formula is C20H22N2O5S. The van der Waals surface area contributed by atoms with Gasteiger partial charge in [0.1, 0.15) is 13.2 Å². The third-order valence-electron chi connectivity index (χ3n) is 4.68. The number of ether oxygens (including phenoxy) is 2. The second-order valence-electron chi connectivity index (χ2n) is 7.06. The summed E-state index contributed by atoms with van der Waals surface area (Å²) in [6.07, 6.45) is 1.75. The SMILES string of the molecule is CN(Cc1ccc2c(c1)OCCO2)C(=O)c1ccc(S(=O)(=O)NC2CC2)cc1. The summed E-state index contributed by atoms with van der Waals surface area (Å²) in [7, 11) is -1.81. The van der Waals surface area contributed by atoms with Crippen molar-refractivity contribution in [1.82, 2.24) is 9.62 Å². The second kappa shape index (κ2) is 7.44. The maximum absolute atomic E-state index is 12.7. The van der Waals surface area contributed by atoms with Crippen LogP contribution in [0.3, 0.4) is 0 Å². The zero-order valence-electron chi connectivity index (χ0n) is 15.6. The molecule has 1 aliphatic heterocycles. The molecule has 1 aliphatic carbocycles. The molecule has 7 nitrogen and oxygen atoms in total. The summed E-state index contributed by atoms with van der Waals surface area (Å²) >= 11 is 0. The van der Waals surface area contributed by atoms with Crippen molar-refractivity contribution in [2.45, 2.75) is 30.3 Å². The van der Waals surface area contributed by atoms with E-state index in [-0.39, 0.29) is 16.8 Å². The molecule has 2 aromatic carbocycles. The Bertz CT molecular complexity index is 984. The van der Waals surface area contributed by atoms with Crippen LogP contribution >= 0.6 is 0 Å². The topological polar surface area (TPSA) is 84.9 Å². The van der Waals surface area contributed by atoms with E-state index in [1.807, 2.05) is 18.2 Å². The first-order chi connectivity index (χ1) is 13.4. The van der Waals surface area contributed by atoms with Gasteiger partial charge in [0.2, 0.25) is 10.0 Å². The fourth-order valence-electron chi connectivity index (χ4n) is 3.02. The lowest BCUT2D eigenvalue weighted by molar-refractivity contribution is 0.0784. The van der Waals surface area contributed by atoms with Gasteiger partial charge in [-0.1, -0.05) is 6.07 Å². The molecule has 0 atom stereocenters. The van der Waals surface area contributed by atoms with E-state index in [0.717, 1.165) is 18.4 Å². The Labute approximate surface area is 164 Å². The minimum Gasteiger partial charge on any atom is -0.486 e. The average Bonchev–Trinajstić information content (AvgIpc) is 3.50. The minimum absolute atomic E-state index is 0.0449. The number of nitrogens with one attached hydrogen (secondary N) is 1. The molecule has 1 saturated carbocycles. The molecule has 148 valence electrons. The molecule has 8 heteroatoms. The van der Waals surface area contributed by atoms with Crippen molar-refractivity contribution < 1.29 is 22.7 Å². The first-order valence-electron chi connectivity index (χ1n) is 9.19. The molecule has 4 rings (SSSR count). The molecule has 1 heterocycles. The van der Waals surface area contributed by atoms with Crippen molar-refractivity contribution in [3.63, 3.8) is 0 Å². The Morgan fingerprint density at radius 2 is 1.75 bits per heavy atom. The van der Waals surface area contributed by atoms with Gasteiger partial charge in [-0.25, -0.2) is 13.1 Å². The number of hydrogen-bond acceptors (Lipinski definition) is 5. The quantitative estimate of drug-likeness (QED) is 0.801. The maximum atomic E-state index is 12.7. The lowest BCUT2D eigenvalue weighted by Crippen LogP contribution is -2.27. The van der Waals surface area contributed by atoms with E-state index in [1.54, 1.807) is 24.1 Å². The Morgan fingerprint density at radius 3 is 2.43 bits per heavy atom. The van der Waals surface area contributed by atoms with E-state index in [4.69, 9.17) is 9.47 Å². The normalized spacial score (nSPS) is 15.9. The fraction of sp³-hybridized carbons (Fsp3) is 0.350. The number of hydrogen-bond donors (Lipinski definition) is 1. The summed E-state index contributed by atoms with van der Waals surface area (Å²) in [5.41, 5.74) is 1.36. The van der Waals surface area contributed by atoms with Gasteiger partial charge in [-0.15, -0.1) is 0 Å². The monoisotopic (exact) mass is 402 g/mol. The molecule has 2 aliphatic rings. The number of sulfonamides is 1. The molecular weight excluding hydrogens is 380 g/mol. The number of rotatable bonds is 6. The molecule has 0 bridgehead atoms. The summed E-state index contributed by atoms with van der Waals surface area (Å²) in [6, 6.07) is 11.7. The van der Waals surface area contributed by atoms with Gasteiger partial charge >= 0.3 is 0 Å². The van der Waals surface area contributed by atoms with Crippen LogP contribution in [0.15, 0.2) is 47.4 Å². The summed E-state index contributed by atoms with van der Waals surface area (Å²) in [6.45, 7) is 1.45. The Balaban J connectivity index is 1.43. The van der Waals surface area contributed by atoms with Crippen LogP contribution in [-0.4, -0.2) is 45.5 Å².